The predicted octanol–water partition coefficient (Wildman–Crippen LogP) is 3.25. The Bertz CT molecular complexity index is 383. The van der Waals surface area contributed by atoms with E-state index < -0.39 is 0 Å². The van der Waals surface area contributed by atoms with Crippen LogP contribution in [0.1, 0.15) is 49.9 Å². The van der Waals surface area contributed by atoms with E-state index in [-0.39, 0.29) is 30.4 Å². The van der Waals surface area contributed by atoms with Gasteiger partial charge in [0.25, 0.3) is 0 Å². The van der Waals surface area contributed by atoms with E-state index in [1.165, 1.54) is 17.7 Å². The van der Waals surface area contributed by atoms with Gasteiger partial charge in [-0.25, -0.2) is 0 Å². The van der Waals surface area contributed by atoms with Crippen molar-refractivity contribution in [2.75, 3.05) is 0 Å². The Hall–Kier alpha value is -0.580. The van der Waals surface area contributed by atoms with E-state index in [9.17, 15) is 4.79 Å². The number of carbonyl (C=O) groups is 1. The number of carbonyl (C=O) groups excluding carboxylic acids is 1. The number of thiophene rings is 1. The minimum Gasteiger partial charge on any atom is -0.349 e. The van der Waals surface area contributed by atoms with E-state index in [1.807, 2.05) is 18.4 Å². The van der Waals surface area contributed by atoms with E-state index in [0.29, 0.717) is 12.3 Å². The largest absolute Gasteiger partial charge is 0.349 e. The Labute approximate surface area is 125 Å². The van der Waals surface area contributed by atoms with E-state index in [1.54, 1.807) is 11.3 Å². The lowest BCUT2D eigenvalue weighted by Gasteiger charge is -2.28. The zero-order valence-corrected chi connectivity index (χ0v) is 12.9. The van der Waals surface area contributed by atoms with Crippen LogP contribution in [-0.4, -0.2) is 11.9 Å². The van der Waals surface area contributed by atoms with Crippen LogP contribution in [0.15, 0.2) is 17.5 Å². The normalized spacial score (nSPS) is 24.3. The third-order valence-corrected chi connectivity index (χ3v) is 4.82. The first kappa shape index (κ1) is 16.5. The van der Waals surface area contributed by atoms with Crippen molar-refractivity contribution in [1.29, 1.82) is 0 Å². The molecule has 108 valence electrons. The number of nitrogens with two attached hydrogens (primary N) is 1. The highest BCUT2D eigenvalue weighted by atomic mass is 35.5. The average Bonchev–Trinajstić information content (AvgIpc) is 2.85. The fourth-order valence-electron chi connectivity index (χ4n) is 2.64. The van der Waals surface area contributed by atoms with Gasteiger partial charge in [-0.3, -0.25) is 4.79 Å². The van der Waals surface area contributed by atoms with E-state index >= 15 is 0 Å². The van der Waals surface area contributed by atoms with Crippen molar-refractivity contribution in [3.63, 3.8) is 0 Å². The van der Waals surface area contributed by atoms with Gasteiger partial charge in [0.2, 0.25) is 5.91 Å². The lowest BCUT2D eigenvalue weighted by molar-refractivity contribution is -0.123. The monoisotopic (exact) mass is 302 g/mol. The Morgan fingerprint density at radius 2 is 2.26 bits per heavy atom. The van der Waals surface area contributed by atoms with Gasteiger partial charge >= 0.3 is 0 Å². The Morgan fingerprint density at radius 1 is 1.53 bits per heavy atom. The van der Waals surface area contributed by atoms with Crippen LogP contribution in [0, 0.1) is 5.92 Å². The number of hydrogen-bond acceptors (Lipinski definition) is 3. The summed E-state index contributed by atoms with van der Waals surface area (Å²) >= 11 is 1.68. The third kappa shape index (κ3) is 4.79. The smallest absolute Gasteiger partial charge is 0.220 e. The van der Waals surface area contributed by atoms with Gasteiger partial charge in [0, 0.05) is 17.3 Å². The molecule has 1 amide bonds. The number of rotatable bonds is 4. The number of nitrogens with one attached hydrogen (secondary N) is 1. The molecule has 1 saturated carbocycles. The molecule has 0 aromatic carbocycles. The molecule has 1 fully saturated rings. The van der Waals surface area contributed by atoms with Gasteiger partial charge in [-0.05, 0) is 37.1 Å². The number of halogens is 1. The molecule has 3 N–H and O–H groups in total. The van der Waals surface area contributed by atoms with Crippen molar-refractivity contribution >= 4 is 29.7 Å². The quantitative estimate of drug-likeness (QED) is 0.897. The second-order valence-corrected chi connectivity index (χ2v) is 6.20. The van der Waals surface area contributed by atoms with E-state index in [0.717, 1.165) is 12.8 Å². The SMILES string of the molecule is CC(NC(=O)CC1CCCCC1N)c1cccs1.Cl. The molecule has 2 rings (SSSR count). The fraction of sp³-hybridized carbons (Fsp3) is 0.643. The second-order valence-electron chi connectivity index (χ2n) is 5.22. The highest BCUT2D eigenvalue weighted by Crippen LogP contribution is 2.26. The molecule has 1 aromatic heterocycles. The van der Waals surface area contributed by atoms with Gasteiger partial charge in [-0.15, -0.1) is 23.7 Å². The fourth-order valence-corrected chi connectivity index (χ4v) is 3.37. The van der Waals surface area contributed by atoms with Gasteiger partial charge in [-0.1, -0.05) is 18.9 Å². The molecular formula is C14H23ClN2OS. The molecule has 0 spiro atoms. The maximum Gasteiger partial charge on any atom is 0.220 e. The lowest BCUT2D eigenvalue weighted by atomic mass is 9.83. The molecule has 3 nitrogen and oxygen atoms in total. The van der Waals surface area contributed by atoms with Gasteiger partial charge in [-0.2, -0.15) is 0 Å². The van der Waals surface area contributed by atoms with Crippen molar-refractivity contribution in [3.05, 3.63) is 22.4 Å². The minimum absolute atomic E-state index is 0. The summed E-state index contributed by atoms with van der Waals surface area (Å²) in [6.07, 6.45) is 5.17. The summed E-state index contributed by atoms with van der Waals surface area (Å²) in [6.45, 7) is 2.03. The molecule has 5 heteroatoms. The van der Waals surface area contributed by atoms with Crippen LogP contribution in [0.5, 0.6) is 0 Å². The van der Waals surface area contributed by atoms with Gasteiger partial charge in [0.05, 0.1) is 6.04 Å². The molecule has 1 aliphatic rings. The summed E-state index contributed by atoms with van der Waals surface area (Å²) in [4.78, 5) is 13.2. The summed E-state index contributed by atoms with van der Waals surface area (Å²) in [7, 11) is 0. The van der Waals surface area contributed by atoms with Gasteiger partial charge in [0.15, 0.2) is 0 Å². The van der Waals surface area contributed by atoms with Gasteiger partial charge < -0.3 is 11.1 Å². The maximum absolute atomic E-state index is 12.0. The highest BCUT2D eigenvalue weighted by molar-refractivity contribution is 7.10. The van der Waals surface area contributed by atoms with Crippen LogP contribution < -0.4 is 11.1 Å². The number of hydrogen-bond donors (Lipinski definition) is 2. The third-order valence-electron chi connectivity index (χ3n) is 3.76. The molecule has 1 aliphatic carbocycles. The molecule has 1 aromatic rings. The van der Waals surface area contributed by atoms with E-state index in [2.05, 4.69) is 11.4 Å². The molecule has 3 atom stereocenters. The first-order valence-electron chi connectivity index (χ1n) is 6.75. The molecule has 0 radical (unpaired) electrons. The van der Waals surface area contributed by atoms with Crippen LogP contribution in [-0.2, 0) is 4.79 Å². The maximum atomic E-state index is 12.0. The molecule has 0 saturated heterocycles. The van der Waals surface area contributed by atoms with Crippen molar-refractivity contribution < 1.29 is 4.79 Å². The summed E-state index contributed by atoms with van der Waals surface area (Å²) < 4.78 is 0. The predicted molar refractivity (Wildman–Crippen MR) is 82.7 cm³/mol. The summed E-state index contributed by atoms with van der Waals surface area (Å²) in [5.41, 5.74) is 6.07. The zero-order chi connectivity index (χ0) is 13.0. The van der Waals surface area contributed by atoms with E-state index in [4.69, 9.17) is 5.73 Å². The first-order chi connectivity index (χ1) is 8.66. The standard InChI is InChI=1S/C14H22N2OS.ClH/c1-10(13-7-4-8-18-13)16-14(17)9-11-5-2-3-6-12(11)15;/h4,7-8,10-12H,2-3,5-6,9,15H2,1H3,(H,16,17);1H. The zero-order valence-electron chi connectivity index (χ0n) is 11.3. The summed E-state index contributed by atoms with van der Waals surface area (Å²) in [6, 6.07) is 4.39. The summed E-state index contributed by atoms with van der Waals surface area (Å²) in [5, 5.41) is 5.10. The van der Waals surface area contributed by atoms with Crippen molar-refractivity contribution in [2.45, 2.75) is 51.1 Å². The molecule has 3 unspecified atom stereocenters. The molecule has 0 aliphatic heterocycles. The molecular weight excluding hydrogens is 280 g/mol. The Balaban J connectivity index is 0.00000180. The van der Waals surface area contributed by atoms with Crippen LogP contribution in [0.3, 0.4) is 0 Å². The van der Waals surface area contributed by atoms with Crippen LogP contribution in [0.2, 0.25) is 0 Å². The summed E-state index contributed by atoms with van der Waals surface area (Å²) in [5.74, 6) is 0.507. The van der Waals surface area contributed by atoms with Crippen molar-refractivity contribution in [3.8, 4) is 0 Å². The Morgan fingerprint density at radius 3 is 2.89 bits per heavy atom. The molecule has 1 heterocycles. The molecule has 0 bridgehead atoms. The average molecular weight is 303 g/mol. The topological polar surface area (TPSA) is 55.1 Å². The van der Waals surface area contributed by atoms with Crippen molar-refractivity contribution in [2.24, 2.45) is 11.7 Å². The highest BCUT2D eigenvalue weighted by Gasteiger charge is 2.24. The second kappa shape index (κ2) is 7.88. The van der Waals surface area contributed by atoms with Crippen molar-refractivity contribution in [1.82, 2.24) is 5.32 Å². The minimum atomic E-state index is 0. The van der Waals surface area contributed by atoms with Gasteiger partial charge in [0.1, 0.15) is 0 Å². The molecule has 19 heavy (non-hydrogen) atoms. The van der Waals surface area contributed by atoms with Crippen LogP contribution >= 0.6 is 23.7 Å². The lowest BCUT2D eigenvalue weighted by Crippen LogP contribution is -2.37. The van der Waals surface area contributed by atoms with Crippen LogP contribution in [0.4, 0.5) is 0 Å². The Kier molecular flexibility index (Phi) is 6.83. The number of amides is 1. The first-order valence-corrected chi connectivity index (χ1v) is 7.63. The van der Waals surface area contributed by atoms with Crippen LogP contribution in [0.25, 0.3) is 0 Å².